The van der Waals surface area contributed by atoms with Gasteiger partial charge in [0.2, 0.25) is 0 Å². The molecule has 0 saturated heterocycles. The maximum absolute atomic E-state index is 5.52. The van der Waals surface area contributed by atoms with Crippen LogP contribution in [0.2, 0.25) is 0 Å². The SMILES string of the molecule is C1=Cc2c(c3ccccc3c3nc(-c4ccc(C5C=Cc6c(ccc7cc(-c8ccc9ccc%10ccc(-c%11ccccc%11)nc%10c9n8)ccc67)C5)cc4)c4ccccc4c23)CC1. The number of allylic oxidation sites excluding steroid dienone is 2. The minimum absolute atomic E-state index is 0.296. The highest BCUT2D eigenvalue weighted by molar-refractivity contribution is 6.22. The average molecular weight is 790 g/mol. The van der Waals surface area contributed by atoms with Crippen molar-refractivity contribution in [2.24, 2.45) is 0 Å². The summed E-state index contributed by atoms with van der Waals surface area (Å²) in [6, 6.07) is 61.5. The summed E-state index contributed by atoms with van der Waals surface area (Å²) in [5.41, 5.74) is 16.0. The van der Waals surface area contributed by atoms with Crippen LogP contribution in [0.3, 0.4) is 0 Å². The second-order valence-electron chi connectivity index (χ2n) is 16.9. The van der Waals surface area contributed by atoms with Gasteiger partial charge >= 0.3 is 0 Å². The van der Waals surface area contributed by atoms with Crippen LogP contribution in [0.25, 0.3) is 111 Å². The molecule has 3 heterocycles. The lowest BCUT2D eigenvalue weighted by Gasteiger charge is -2.22. The standard InChI is InChI=1S/C59H39N3/c1-2-10-37(11-3-1)53-32-28-39-22-23-40-29-33-54(61-58(40)57(39)60-53)44-27-31-46-43(35-44)25-24-42-34-41(26-30-45(42)46)36-18-20-38(21-19-36)56-52-17-9-7-15-50(52)55-49-14-6-4-12-47(49)48-13-5-8-16-51(48)59(55)62-56/h1-3,5-11,13-33,35,41H,4,12,34H2. The molecule has 290 valence electrons. The van der Waals surface area contributed by atoms with Gasteiger partial charge in [0.15, 0.2) is 0 Å². The fourth-order valence-electron chi connectivity index (χ4n) is 10.3. The van der Waals surface area contributed by atoms with Crippen molar-refractivity contribution in [3.63, 3.8) is 0 Å². The molecule has 3 aromatic heterocycles. The van der Waals surface area contributed by atoms with Crippen LogP contribution >= 0.6 is 0 Å². The van der Waals surface area contributed by atoms with Gasteiger partial charge in [-0.05, 0) is 86.8 Å². The summed E-state index contributed by atoms with van der Waals surface area (Å²) in [7, 11) is 0. The first kappa shape index (κ1) is 35.0. The summed E-state index contributed by atoms with van der Waals surface area (Å²) in [5.74, 6) is 0.296. The van der Waals surface area contributed by atoms with E-state index in [4.69, 9.17) is 15.0 Å². The lowest BCUT2D eigenvalue weighted by molar-refractivity contribution is 0.829. The van der Waals surface area contributed by atoms with E-state index in [0.717, 1.165) is 80.4 Å². The second kappa shape index (κ2) is 13.9. The summed E-state index contributed by atoms with van der Waals surface area (Å²) < 4.78 is 0. The predicted molar refractivity (Wildman–Crippen MR) is 260 cm³/mol. The Hall–Kier alpha value is -7.75. The highest BCUT2D eigenvalue weighted by Gasteiger charge is 2.22. The predicted octanol–water partition coefficient (Wildman–Crippen LogP) is 15.1. The monoisotopic (exact) mass is 789 g/mol. The van der Waals surface area contributed by atoms with Crippen molar-refractivity contribution in [3.05, 3.63) is 210 Å². The van der Waals surface area contributed by atoms with Crippen LogP contribution in [-0.2, 0) is 12.8 Å². The maximum atomic E-state index is 5.52. The van der Waals surface area contributed by atoms with Gasteiger partial charge in [-0.25, -0.2) is 15.0 Å². The highest BCUT2D eigenvalue weighted by Crippen LogP contribution is 2.43. The molecule has 3 nitrogen and oxygen atoms in total. The molecule has 13 rings (SSSR count). The Bertz CT molecular complexity index is 3710. The van der Waals surface area contributed by atoms with Crippen molar-refractivity contribution in [2.75, 3.05) is 0 Å². The quantitative estimate of drug-likeness (QED) is 0.167. The van der Waals surface area contributed by atoms with Crippen LogP contribution in [0.5, 0.6) is 0 Å². The van der Waals surface area contributed by atoms with Gasteiger partial charge in [0, 0.05) is 49.5 Å². The fraction of sp³-hybridized carbons (Fsp3) is 0.0678. The molecule has 3 heteroatoms. The zero-order valence-corrected chi connectivity index (χ0v) is 34.0. The second-order valence-corrected chi connectivity index (χ2v) is 16.9. The fourth-order valence-corrected chi connectivity index (χ4v) is 10.3. The normalized spacial score (nSPS) is 14.6. The number of hydrogen-bond donors (Lipinski definition) is 0. The summed E-state index contributed by atoms with van der Waals surface area (Å²) in [6.45, 7) is 0. The Balaban J connectivity index is 0.822. The van der Waals surface area contributed by atoms with Gasteiger partial charge in [0.25, 0.3) is 0 Å². The van der Waals surface area contributed by atoms with Gasteiger partial charge in [-0.1, -0.05) is 176 Å². The van der Waals surface area contributed by atoms with Crippen LogP contribution < -0.4 is 0 Å². The van der Waals surface area contributed by atoms with Crippen LogP contribution in [0.15, 0.2) is 182 Å². The van der Waals surface area contributed by atoms with Gasteiger partial charge in [-0.15, -0.1) is 0 Å². The van der Waals surface area contributed by atoms with E-state index in [1.807, 2.05) is 6.07 Å². The first-order valence-electron chi connectivity index (χ1n) is 21.7. The summed E-state index contributed by atoms with van der Waals surface area (Å²) >= 11 is 0. The summed E-state index contributed by atoms with van der Waals surface area (Å²) in [5, 5.41) is 11.0. The third-order valence-electron chi connectivity index (χ3n) is 13.4. The van der Waals surface area contributed by atoms with Crippen molar-refractivity contribution in [1.29, 1.82) is 0 Å². The van der Waals surface area contributed by atoms with Crippen LogP contribution in [0, 0.1) is 0 Å². The minimum atomic E-state index is 0.296. The Morgan fingerprint density at radius 3 is 1.89 bits per heavy atom. The van der Waals surface area contributed by atoms with Gasteiger partial charge in [-0.3, -0.25) is 0 Å². The zero-order chi connectivity index (χ0) is 40.7. The van der Waals surface area contributed by atoms with E-state index in [9.17, 15) is 0 Å². The average Bonchev–Trinajstić information content (AvgIpc) is 3.35. The van der Waals surface area contributed by atoms with Gasteiger partial charge in [-0.2, -0.15) is 0 Å². The molecule has 0 radical (unpaired) electrons. The van der Waals surface area contributed by atoms with E-state index in [-0.39, 0.29) is 0 Å². The molecule has 62 heavy (non-hydrogen) atoms. The third kappa shape index (κ3) is 5.55. The molecule has 1 atom stereocenters. The Morgan fingerprint density at radius 1 is 0.435 bits per heavy atom. The number of rotatable bonds is 4. The summed E-state index contributed by atoms with van der Waals surface area (Å²) in [4.78, 5) is 15.9. The molecule has 11 aromatic rings. The number of benzene rings is 8. The molecule has 0 spiro atoms. The van der Waals surface area contributed by atoms with Crippen molar-refractivity contribution in [2.45, 2.75) is 25.2 Å². The minimum Gasteiger partial charge on any atom is -0.246 e. The van der Waals surface area contributed by atoms with Crippen LogP contribution in [0.4, 0.5) is 0 Å². The van der Waals surface area contributed by atoms with Crippen LogP contribution in [-0.4, -0.2) is 15.0 Å². The molecule has 0 N–H and O–H groups in total. The molecule has 0 saturated carbocycles. The lowest BCUT2D eigenvalue weighted by Crippen LogP contribution is -2.06. The zero-order valence-electron chi connectivity index (χ0n) is 34.0. The van der Waals surface area contributed by atoms with E-state index < -0.39 is 0 Å². The van der Waals surface area contributed by atoms with E-state index in [1.165, 1.54) is 65.5 Å². The van der Waals surface area contributed by atoms with Crippen molar-refractivity contribution >= 4 is 77.2 Å². The van der Waals surface area contributed by atoms with Gasteiger partial charge in [0.1, 0.15) is 0 Å². The van der Waals surface area contributed by atoms with Crippen molar-refractivity contribution in [1.82, 2.24) is 15.0 Å². The molecule has 0 aliphatic heterocycles. The molecular formula is C59H39N3. The molecule has 2 aliphatic rings. The number of hydrogen-bond acceptors (Lipinski definition) is 3. The number of aryl methyl sites for hydroxylation is 1. The van der Waals surface area contributed by atoms with E-state index in [1.54, 1.807) is 0 Å². The topological polar surface area (TPSA) is 38.7 Å². The Kier molecular flexibility index (Phi) is 7.86. The number of nitrogens with zero attached hydrogens (tertiary/aromatic N) is 3. The largest absolute Gasteiger partial charge is 0.246 e. The number of aromatic nitrogens is 3. The molecule has 0 bridgehead atoms. The number of pyridine rings is 3. The van der Waals surface area contributed by atoms with E-state index in [2.05, 4.69) is 188 Å². The smallest absolute Gasteiger partial charge is 0.0972 e. The van der Waals surface area contributed by atoms with E-state index in [0.29, 0.717) is 5.92 Å². The molecule has 8 aromatic carbocycles. The van der Waals surface area contributed by atoms with Gasteiger partial charge in [0.05, 0.1) is 33.6 Å². The first-order chi connectivity index (χ1) is 30.7. The van der Waals surface area contributed by atoms with Crippen LogP contribution in [0.1, 0.15) is 40.2 Å². The Morgan fingerprint density at radius 2 is 1.10 bits per heavy atom. The van der Waals surface area contributed by atoms with Crippen molar-refractivity contribution < 1.29 is 0 Å². The van der Waals surface area contributed by atoms with Crippen molar-refractivity contribution in [3.8, 4) is 33.8 Å². The number of fused-ring (bicyclic) bond motifs is 14. The molecule has 0 fully saturated rings. The third-order valence-corrected chi connectivity index (χ3v) is 13.4. The summed E-state index contributed by atoms with van der Waals surface area (Å²) in [6.07, 6.45) is 12.5. The molecule has 0 amide bonds. The molecular weight excluding hydrogens is 751 g/mol. The van der Waals surface area contributed by atoms with E-state index >= 15 is 0 Å². The first-order valence-corrected chi connectivity index (χ1v) is 21.7. The Labute approximate surface area is 359 Å². The highest BCUT2D eigenvalue weighted by atomic mass is 14.8. The lowest BCUT2D eigenvalue weighted by atomic mass is 9.82. The molecule has 1 unspecified atom stereocenters. The molecule has 2 aliphatic carbocycles. The van der Waals surface area contributed by atoms with Gasteiger partial charge < -0.3 is 0 Å². The maximum Gasteiger partial charge on any atom is 0.0972 e.